The molecule has 0 radical (unpaired) electrons. The molecule has 4 nitrogen and oxygen atoms in total. The second-order valence-corrected chi connectivity index (χ2v) is 3.79. The van der Waals surface area contributed by atoms with Gasteiger partial charge in [0.2, 0.25) is 0 Å². The van der Waals surface area contributed by atoms with Crippen LogP contribution in [0.3, 0.4) is 0 Å². The third kappa shape index (κ3) is 2.74. The first-order valence-electron chi connectivity index (χ1n) is 3.24. The summed E-state index contributed by atoms with van der Waals surface area (Å²) < 4.78 is 31.7. The third-order valence-corrected chi connectivity index (χ3v) is 2.45. The van der Waals surface area contributed by atoms with Crippen molar-refractivity contribution >= 4 is 15.8 Å². The fourth-order valence-electron chi connectivity index (χ4n) is 0.872. The molecule has 0 atom stereocenters. The SMILES string of the molecule is Cc1cccc(S(=O)(=O)[O-])c1N.[Li+]. The van der Waals surface area contributed by atoms with Crippen LogP contribution in [0.15, 0.2) is 23.1 Å². The van der Waals surface area contributed by atoms with Crippen molar-refractivity contribution in [1.82, 2.24) is 0 Å². The normalized spacial score (nSPS) is 10.6. The van der Waals surface area contributed by atoms with Gasteiger partial charge in [0, 0.05) is 0 Å². The summed E-state index contributed by atoms with van der Waals surface area (Å²) in [6.07, 6.45) is 0. The summed E-state index contributed by atoms with van der Waals surface area (Å²) in [5, 5.41) is 0. The number of hydrogen-bond donors (Lipinski definition) is 1. The molecular formula is C7H8LiNO3S. The minimum absolute atomic E-state index is 0. The number of nitrogens with two attached hydrogens (primary N) is 1. The molecule has 2 N–H and O–H groups in total. The van der Waals surface area contributed by atoms with Crippen molar-refractivity contribution in [1.29, 1.82) is 0 Å². The fraction of sp³-hybridized carbons (Fsp3) is 0.143. The standard InChI is InChI=1S/C7H9NO3S.Li/c1-5-3-2-4-6(7(5)8)12(9,10)11;/h2-4H,8H2,1H3,(H,9,10,11);/q;+1/p-1. The van der Waals surface area contributed by atoms with Crippen LogP contribution in [0, 0.1) is 6.92 Å². The Morgan fingerprint density at radius 1 is 1.38 bits per heavy atom. The van der Waals surface area contributed by atoms with Gasteiger partial charge in [-0.15, -0.1) is 0 Å². The fourth-order valence-corrected chi connectivity index (χ4v) is 1.55. The van der Waals surface area contributed by atoms with Crippen molar-refractivity contribution in [3.63, 3.8) is 0 Å². The van der Waals surface area contributed by atoms with Gasteiger partial charge in [-0.25, -0.2) is 8.42 Å². The molecule has 0 aliphatic rings. The van der Waals surface area contributed by atoms with E-state index in [1.54, 1.807) is 13.0 Å². The molecule has 0 bridgehead atoms. The first-order chi connectivity index (χ1) is 5.43. The molecule has 0 aromatic heterocycles. The van der Waals surface area contributed by atoms with E-state index in [4.69, 9.17) is 5.73 Å². The molecule has 13 heavy (non-hydrogen) atoms. The maximum Gasteiger partial charge on any atom is 1.00 e. The molecule has 0 amide bonds. The molecule has 0 saturated heterocycles. The molecule has 1 aromatic carbocycles. The van der Waals surface area contributed by atoms with Gasteiger partial charge < -0.3 is 10.3 Å². The van der Waals surface area contributed by atoms with Gasteiger partial charge in [-0.1, -0.05) is 12.1 Å². The zero-order chi connectivity index (χ0) is 9.35. The number of hydrogen-bond acceptors (Lipinski definition) is 4. The van der Waals surface area contributed by atoms with Crippen molar-refractivity contribution in [2.75, 3.05) is 5.73 Å². The van der Waals surface area contributed by atoms with Crippen LogP contribution in [0.4, 0.5) is 5.69 Å². The maximum atomic E-state index is 10.6. The van der Waals surface area contributed by atoms with Crippen LogP contribution in [0.5, 0.6) is 0 Å². The van der Waals surface area contributed by atoms with Gasteiger partial charge in [0.15, 0.2) is 0 Å². The molecule has 0 fully saturated rings. The van der Waals surface area contributed by atoms with Gasteiger partial charge in [0.05, 0.1) is 10.6 Å². The van der Waals surface area contributed by atoms with E-state index in [2.05, 4.69) is 0 Å². The van der Waals surface area contributed by atoms with Crippen molar-refractivity contribution in [3.05, 3.63) is 23.8 Å². The molecule has 0 heterocycles. The van der Waals surface area contributed by atoms with Crippen molar-refractivity contribution < 1.29 is 31.8 Å². The first kappa shape index (κ1) is 12.5. The molecule has 1 aromatic rings. The second-order valence-electron chi connectivity index (χ2n) is 2.44. The largest absolute Gasteiger partial charge is 1.00 e. The summed E-state index contributed by atoms with van der Waals surface area (Å²) in [6.45, 7) is 1.64. The van der Waals surface area contributed by atoms with Gasteiger partial charge in [-0.2, -0.15) is 0 Å². The van der Waals surface area contributed by atoms with Crippen molar-refractivity contribution in [2.24, 2.45) is 0 Å². The summed E-state index contributed by atoms with van der Waals surface area (Å²) >= 11 is 0. The molecular weight excluding hydrogens is 185 g/mol. The van der Waals surface area contributed by atoms with Crippen LogP contribution in [-0.2, 0) is 10.1 Å². The Bertz CT molecular complexity index is 402. The monoisotopic (exact) mass is 193 g/mol. The van der Waals surface area contributed by atoms with Crippen molar-refractivity contribution in [3.8, 4) is 0 Å². The number of aryl methyl sites for hydroxylation is 1. The zero-order valence-corrected chi connectivity index (χ0v) is 8.26. The van der Waals surface area contributed by atoms with Gasteiger partial charge in [0.1, 0.15) is 10.1 Å². The van der Waals surface area contributed by atoms with Crippen LogP contribution < -0.4 is 24.6 Å². The Morgan fingerprint density at radius 3 is 2.31 bits per heavy atom. The third-order valence-electron chi connectivity index (χ3n) is 1.55. The summed E-state index contributed by atoms with van der Waals surface area (Å²) in [4.78, 5) is -0.345. The zero-order valence-electron chi connectivity index (χ0n) is 7.44. The maximum absolute atomic E-state index is 10.6. The summed E-state index contributed by atoms with van der Waals surface area (Å²) in [5.74, 6) is 0. The van der Waals surface area contributed by atoms with E-state index in [0.717, 1.165) is 0 Å². The van der Waals surface area contributed by atoms with E-state index in [1.165, 1.54) is 12.1 Å². The first-order valence-corrected chi connectivity index (χ1v) is 4.65. The van der Waals surface area contributed by atoms with Crippen LogP contribution in [0.1, 0.15) is 5.56 Å². The Balaban J connectivity index is 0.00000144. The minimum atomic E-state index is -4.43. The molecule has 0 saturated carbocycles. The number of nitrogen functional groups attached to an aromatic ring is 1. The Kier molecular flexibility index (Phi) is 4.01. The van der Waals surface area contributed by atoms with Crippen LogP contribution in [0.25, 0.3) is 0 Å². The number of para-hydroxylation sites is 1. The van der Waals surface area contributed by atoms with Gasteiger partial charge in [0.25, 0.3) is 0 Å². The Morgan fingerprint density at radius 2 is 1.92 bits per heavy atom. The second kappa shape index (κ2) is 4.16. The predicted octanol–water partition coefficient (Wildman–Crippen LogP) is -2.51. The van der Waals surface area contributed by atoms with Crippen molar-refractivity contribution in [2.45, 2.75) is 11.8 Å². The summed E-state index contributed by atoms with van der Waals surface area (Å²) in [7, 11) is -4.43. The molecule has 0 aliphatic heterocycles. The average molecular weight is 193 g/mol. The van der Waals surface area contributed by atoms with E-state index in [0.29, 0.717) is 5.56 Å². The van der Waals surface area contributed by atoms with Crippen LogP contribution in [0.2, 0.25) is 0 Å². The van der Waals surface area contributed by atoms with E-state index in [9.17, 15) is 13.0 Å². The van der Waals surface area contributed by atoms with E-state index < -0.39 is 10.1 Å². The molecule has 0 spiro atoms. The number of benzene rings is 1. The number of anilines is 1. The molecule has 66 valence electrons. The van der Waals surface area contributed by atoms with Gasteiger partial charge in [-0.05, 0) is 18.6 Å². The average Bonchev–Trinajstić information content (AvgIpc) is 1.92. The molecule has 6 heteroatoms. The topological polar surface area (TPSA) is 83.2 Å². The molecule has 0 aliphatic carbocycles. The summed E-state index contributed by atoms with van der Waals surface area (Å²) in [5.41, 5.74) is 6.01. The van der Waals surface area contributed by atoms with Gasteiger partial charge >= 0.3 is 18.9 Å². The predicted molar refractivity (Wildman–Crippen MR) is 43.6 cm³/mol. The van der Waals surface area contributed by atoms with Gasteiger partial charge in [-0.3, -0.25) is 0 Å². The van der Waals surface area contributed by atoms with Crippen LogP contribution in [-0.4, -0.2) is 13.0 Å². The molecule has 0 unspecified atom stereocenters. The Labute approximate surface area is 89.1 Å². The van der Waals surface area contributed by atoms with E-state index >= 15 is 0 Å². The van der Waals surface area contributed by atoms with E-state index in [1.807, 2.05) is 0 Å². The summed E-state index contributed by atoms with van der Waals surface area (Å²) in [6, 6.07) is 4.32. The molecule has 1 rings (SSSR count). The van der Waals surface area contributed by atoms with Crippen LogP contribution >= 0.6 is 0 Å². The Hall–Kier alpha value is -0.473. The smallest absolute Gasteiger partial charge is 0.744 e. The minimum Gasteiger partial charge on any atom is -0.744 e. The quantitative estimate of drug-likeness (QED) is 0.303. The van der Waals surface area contributed by atoms with E-state index in [-0.39, 0.29) is 29.4 Å². The number of rotatable bonds is 1.